The number of benzene rings is 1. The number of ether oxygens (including phenoxy) is 1. The van der Waals surface area contributed by atoms with E-state index in [1.165, 1.54) is 9.80 Å². The van der Waals surface area contributed by atoms with Crippen LogP contribution in [0.15, 0.2) is 35.4 Å². The number of carboxylic acids is 1. The molecule has 292 valence electrons. The first-order valence-corrected chi connectivity index (χ1v) is 20.0. The van der Waals surface area contributed by atoms with Crippen molar-refractivity contribution in [3.05, 3.63) is 46.5 Å². The summed E-state index contributed by atoms with van der Waals surface area (Å²) in [5.41, 5.74) is 5.07. The van der Waals surface area contributed by atoms with E-state index in [2.05, 4.69) is 15.3 Å². The van der Waals surface area contributed by atoms with Gasteiger partial charge >= 0.3 is 18.2 Å². The van der Waals surface area contributed by atoms with E-state index in [0.717, 1.165) is 24.5 Å². The van der Waals surface area contributed by atoms with Crippen LogP contribution in [0.3, 0.4) is 0 Å². The van der Waals surface area contributed by atoms with Crippen LogP contribution in [-0.2, 0) is 25.5 Å². The van der Waals surface area contributed by atoms with Crippen molar-refractivity contribution in [1.82, 2.24) is 19.8 Å². The van der Waals surface area contributed by atoms with Crippen molar-refractivity contribution >= 4 is 56.5 Å². The van der Waals surface area contributed by atoms with Crippen LogP contribution in [0.1, 0.15) is 73.2 Å². The van der Waals surface area contributed by atoms with Crippen LogP contribution in [-0.4, -0.2) is 108 Å². The Morgan fingerprint density at radius 1 is 1.11 bits per heavy atom. The number of anilines is 3. The zero-order valence-electron chi connectivity index (χ0n) is 30.0. The highest BCUT2D eigenvalue weighted by Gasteiger charge is 2.40. The molecular weight excluding hydrogens is 752 g/mol. The number of sulfone groups is 1. The molecule has 19 heteroatoms. The summed E-state index contributed by atoms with van der Waals surface area (Å²) in [6, 6.07) is 5.28. The summed E-state index contributed by atoms with van der Waals surface area (Å²) in [6.07, 6.45) is -2.10. The average Bonchev–Trinajstić information content (AvgIpc) is 3.85. The summed E-state index contributed by atoms with van der Waals surface area (Å²) in [5.74, 6) is -2.17. The molecule has 0 bridgehead atoms. The first-order valence-electron chi connectivity index (χ1n) is 17.5. The number of carbonyl (C=O) groups is 3. The van der Waals surface area contributed by atoms with Crippen molar-refractivity contribution in [1.29, 1.82) is 0 Å². The van der Waals surface area contributed by atoms with E-state index in [1.54, 1.807) is 32.9 Å². The lowest BCUT2D eigenvalue weighted by atomic mass is 10.0. The number of unbranched alkanes of at least 4 members (excludes halogenated alkanes) is 1. The number of carboxylic acid groups (broad SMARTS) is 1. The van der Waals surface area contributed by atoms with E-state index in [0.29, 0.717) is 54.8 Å². The molecule has 54 heavy (non-hydrogen) atoms. The molecule has 1 aromatic carbocycles. The maximum absolute atomic E-state index is 14.4. The van der Waals surface area contributed by atoms with Crippen LogP contribution in [0.2, 0.25) is 0 Å². The van der Waals surface area contributed by atoms with Gasteiger partial charge in [0.25, 0.3) is 5.91 Å². The number of thiophene rings is 1. The Morgan fingerprint density at radius 2 is 1.85 bits per heavy atom. The van der Waals surface area contributed by atoms with Gasteiger partial charge in [-0.3, -0.25) is 9.69 Å². The molecule has 6 rings (SSSR count). The highest BCUT2D eigenvalue weighted by atomic mass is 32.2. The molecule has 1 aliphatic carbocycles. The Bertz CT molecular complexity index is 2050. The number of hydrogen-bond acceptors (Lipinski definition) is 12. The molecule has 1 saturated heterocycles. The largest absolute Gasteiger partial charge is 0.480 e. The highest BCUT2D eigenvalue weighted by Crippen LogP contribution is 2.46. The number of nitrogens with one attached hydrogen (secondary N) is 1. The molecule has 4 heterocycles. The number of nitrogens with zero attached hydrogens (tertiary/aromatic N) is 5. The maximum atomic E-state index is 14.4. The number of nitrogens with two attached hydrogens (primary N) is 1. The number of fused-ring (bicyclic) bond motifs is 1. The van der Waals surface area contributed by atoms with E-state index in [-0.39, 0.29) is 58.4 Å². The van der Waals surface area contributed by atoms with Crippen molar-refractivity contribution in [3.8, 4) is 10.6 Å². The molecule has 0 radical (unpaired) electrons. The lowest BCUT2D eigenvalue weighted by Gasteiger charge is -2.40. The summed E-state index contributed by atoms with van der Waals surface area (Å²) in [4.78, 5) is 50.5. The molecule has 4 N–H and O–H groups in total. The minimum atomic E-state index is -4.89. The fourth-order valence-electron chi connectivity index (χ4n) is 6.44. The smallest absolute Gasteiger partial charge is 0.420 e. The molecule has 3 aromatic rings. The number of aromatic nitrogens is 2. The predicted molar refractivity (Wildman–Crippen MR) is 195 cm³/mol. The highest BCUT2D eigenvalue weighted by molar-refractivity contribution is 7.91. The van der Waals surface area contributed by atoms with Gasteiger partial charge in [0.2, 0.25) is 5.95 Å². The van der Waals surface area contributed by atoms with Gasteiger partial charge in [-0.15, -0.1) is 11.3 Å². The van der Waals surface area contributed by atoms with Gasteiger partial charge in [0.05, 0.1) is 21.2 Å². The quantitative estimate of drug-likeness (QED) is 0.225. The zero-order chi connectivity index (χ0) is 39.2. The Morgan fingerprint density at radius 3 is 2.50 bits per heavy atom. The van der Waals surface area contributed by atoms with Crippen LogP contribution in [0.4, 0.5) is 35.3 Å². The number of rotatable bonds is 10. The third-order valence-electron chi connectivity index (χ3n) is 9.31. The number of carbonyl (C=O) groups excluding carboxylic acids is 2. The van der Waals surface area contributed by atoms with Crippen LogP contribution in [0.25, 0.3) is 10.6 Å². The fraction of sp³-hybridized carbons (Fsp3) is 0.514. The molecule has 2 fully saturated rings. The van der Waals surface area contributed by atoms with Crippen LogP contribution in [0.5, 0.6) is 0 Å². The second-order valence-corrected chi connectivity index (χ2v) is 17.6. The van der Waals surface area contributed by atoms with Gasteiger partial charge in [0.1, 0.15) is 22.1 Å². The number of amides is 2. The lowest BCUT2D eigenvalue weighted by Crippen LogP contribution is -2.59. The van der Waals surface area contributed by atoms with Gasteiger partial charge in [-0.1, -0.05) is 0 Å². The van der Waals surface area contributed by atoms with Gasteiger partial charge in [0, 0.05) is 50.3 Å². The van der Waals surface area contributed by atoms with E-state index >= 15 is 0 Å². The Balaban J connectivity index is 1.29. The molecule has 2 aromatic heterocycles. The number of aliphatic carboxylic acids is 1. The topological polar surface area (TPSA) is 188 Å². The number of hydrogen-bond donors (Lipinski definition) is 3. The minimum absolute atomic E-state index is 0.00526. The van der Waals surface area contributed by atoms with E-state index in [9.17, 15) is 41.1 Å². The van der Waals surface area contributed by atoms with E-state index in [4.69, 9.17) is 10.5 Å². The Kier molecular flexibility index (Phi) is 10.9. The molecule has 14 nitrogen and oxygen atoms in total. The molecule has 1 saturated carbocycles. The number of piperazine rings is 1. The van der Waals surface area contributed by atoms with Crippen LogP contribution in [0, 0.1) is 0 Å². The monoisotopic (exact) mass is 793 g/mol. The molecule has 3 aliphatic rings. The molecular formula is C35H42F3N7O7S2. The summed E-state index contributed by atoms with van der Waals surface area (Å²) in [6.45, 7) is 6.17. The van der Waals surface area contributed by atoms with Crippen molar-refractivity contribution in [2.75, 3.05) is 55.2 Å². The summed E-state index contributed by atoms with van der Waals surface area (Å²) in [7, 11) is -3.99. The van der Waals surface area contributed by atoms with E-state index < -0.39 is 56.9 Å². The standard InChI is InChI=1S/C35H42F3N7O7S2/c1-34(2,3)52-33(49)45-13-12-44(19-25(45)31(47)48)21-8-9-24(22(16-21)20-6-7-20)41-32-40-18-23(35(36,37)38)28(42-32)26-17-27-29(53-26)30(46)43(11-5-4-10-39)14-15-54(27,50)51/h8-9,16-18,20,25H,4-7,10-15,19,39H2,1-3H3,(H,47,48)(H,40,41,42). The molecule has 2 aliphatic heterocycles. The van der Waals surface area contributed by atoms with Gasteiger partial charge < -0.3 is 30.7 Å². The Hall–Kier alpha value is -4.49. The lowest BCUT2D eigenvalue weighted by molar-refractivity contribution is -0.143. The third-order valence-corrected chi connectivity index (χ3v) is 12.3. The zero-order valence-corrected chi connectivity index (χ0v) is 31.6. The molecule has 1 unspecified atom stereocenters. The normalized spacial score (nSPS) is 19.0. The Labute approximate surface area is 314 Å². The average molecular weight is 794 g/mol. The summed E-state index contributed by atoms with van der Waals surface area (Å²) >= 11 is 0.650. The van der Waals surface area contributed by atoms with Gasteiger partial charge in [-0.05, 0) is 88.7 Å². The summed E-state index contributed by atoms with van der Waals surface area (Å²) in [5, 5.41) is 13.0. The van der Waals surface area contributed by atoms with Gasteiger partial charge in [-0.2, -0.15) is 13.2 Å². The third kappa shape index (κ3) is 8.57. The van der Waals surface area contributed by atoms with Crippen molar-refractivity contribution in [3.63, 3.8) is 0 Å². The van der Waals surface area contributed by atoms with Crippen molar-refractivity contribution < 1.29 is 45.8 Å². The number of halogens is 3. The summed E-state index contributed by atoms with van der Waals surface area (Å²) < 4.78 is 74.9. The fourth-order valence-corrected chi connectivity index (χ4v) is 9.39. The molecule has 0 spiro atoms. The maximum Gasteiger partial charge on any atom is 0.420 e. The SMILES string of the molecule is CC(C)(C)OC(=O)N1CCN(c2ccc(Nc3ncc(C(F)(F)F)c(-c4cc5c(s4)C(=O)N(CCCCN)CCS5(=O)=O)n3)c(C3CC3)c2)CC1C(=O)O. The molecule has 1 atom stereocenters. The predicted octanol–water partition coefficient (Wildman–Crippen LogP) is 5.32. The van der Waals surface area contributed by atoms with Gasteiger partial charge in [-0.25, -0.2) is 28.0 Å². The first kappa shape index (κ1) is 39.2. The van der Waals surface area contributed by atoms with Crippen LogP contribution >= 0.6 is 11.3 Å². The van der Waals surface area contributed by atoms with Crippen LogP contribution < -0.4 is 16.0 Å². The second kappa shape index (κ2) is 15.0. The number of alkyl halides is 3. The molecule has 2 amide bonds. The van der Waals surface area contributed by atoms with Crippen molar-refractivity contribution in [2.24, 2.45) is 5.73 Å². The minimum Gasteiger partial charge on any atom is -0.480 e. The van der Waals surface area contributed by atoms with E-state index in [1.807, 2.05) is 11.0 Å². The second-order valence-electron chi connectivity index (χ2n) is 14.5. The van der Waals surface area contributed by atoms with Crippen molar-refractivity contribution in [2.45, 2.75) is 75.1 Å². The first-order chi connectivity index (χ1) is 25.4. The van der Waals surface area contributed by atoms with Gasteiger partial charge in [0.15, 0.2) is 9.84 Å².